The molecule has 1 amide bonds. The van der Waals surface area contributed by atoms with Crippen LogP contribution in [0.2, 0.25) is 0 Å². The van der Waals surface area contributed by atoms with Crippen LogP contribution < -0.4 is 5.32 Å². The highest BCUT2D eigenvalue weighted by Gasteiger charge is 2.16. The van der Waals surface area contributed by atoms with Crippen LogP contribution >= 0.6 is 11.3 Å². The Morgan fingerprint density at radius 2 is 2.00 bits per heavy atom. The van der Waals surface area contributed by atoms with Crippen molar-refractivity contribution in [2.24, 2.45) is 0 Å². The second-order valence-electron chi connectivity index (χ2n) is 5.34. The van der Waals surface area contributed by atoms with E-state index in [0.717, 1.165) is 5.56 Å². The smallest absolute Gasteiger partial charge is 0.337 e. The summed E-state index contributed by atoms with van der Waals surface area (Å²) in [6.07, 6.45) is 3.59. The number of carbonyl (C=O) groups is 2. The van der Waals surface area contributed by atoms with E-state index >= 15 is 0 Å². The maximum Gasteiger partial charge on any atom is 0.337 e. The van der Waals surface area contributed by atoms with Crippen LogP contribution in [0.15, 0.2) is 59.6 Å². The van der Waals surface area contributed by atoms with Crippen molar-refractivity contribution in [2.75, 3.05) is 13.7 Å². The van der Waals surface area contributed by atoms with Crippen LogP contribution in [0.5, 0.6) is 0 Å². The number of esters is 1. The molecule has 1 aromatic carbocycles. The number of rotatable bonds is 6. The average Bonchev–Trinajstić information content (AvgIpc) is 3.35. The number of hydrogen-bond donors (Lipinski definition) is 1. The van der Waals surface area contributed by atoms with Gasteiger partial charge in [-0.25, -0.2) is 4.79 Å². The lowest BCUT2D eigenvalue weighted by Crippen LogP contribution is -2.31. The molecular weight excluding hydrogens is 338 g/mol. The summed E-state index contributed by atoms with van der Waals surface area (Å²) in [6.45, 7) is 0.413. The molecule has 0 saturated carbocycles. The first-order valence-electron chi connectivity index (χ1n) is 7.67. The zero-order valence-corrected chi connectivity index (χ0v) is 14.4. The van der Waals surface area contributed by atoms with E-state index in [1.807, 2.05) is 33.8 Å². The van der Waals surface area contributed by atoms with Gasteiger partial charge in [-0.2, -0.15) is 16.4 Å². The van der Waals surface area contributed by atoms with Crippen LogP contribution in [0.3, 0.4) is 0 Å². The Hall–Kier alpha value is -2.93. The van der Waals surface area contributed by atoms with Gasteiger partial charge in [0.1, 0.15) is 0 Å². The van der Waals surface area contributed by atoms with Gasteiger partial charge in [0.05, 0.1) is 18.7 Å². The molecule has 0 aliphatic carbocycles. The van der Waals surface area contributed by atoms with Gasteiger partial charge in [-0.05, 0) is 52.7 Å². The zero-order valence-electron chi connectivity index (χ0n) is 13.6. The Bertz CT molecular complexity index is 793. The molecule has 2 heterocycles. The van der Waals surface area contributed by atoms with Gasteiger partial charge in [-0.1, -0.05) is 0 Å². The van der Waals surface area contributed by atoms with E-state index in [2.05, 4.69) is 15.2 Å². The summed E-state index contributed by atoms with van der Waals surface area (Å²) in [6, 6.07) is 10.2. The lowest BCUT2D eigenvalue weighted by Gasteiger charge is -2.17. The highest BCUT2D eigenvalue weighted by molar-refractivity contribution is 7.07. The van der Waals surface area contributed by atoms with Gasteiger partial charge in [0, 0.05) is 24.5 Å². The Balaban J connectivity index is 1.69. The number of ether oxygens (including phenoxy) is 1. The third kappa shape index (κ3) is 3.95. The third-order valence-corrected chi connectivity index (χ3v) is 4.50. The second kappa shape index (κ2) is 7.76. The minimum Gasteiger partial charge on any atom is -0.465 e. The molecule has 25 heavy (non-hydrogen) atoms. The first-order valence-corrected chi connectivity index (χ1v) is 8.61. The van der Waals surface area contributed by atoms with Crippen molar-refractivity contribution in [1.82, 2.24) is 15.1 Å². The normalized spacial score (nSPS) is 11.7. The first-order chi connectivity index (χ1) is 12.2. The van der Waals surface area contributed by atoms with E-state index in [0.29, 0.717) is 17.7 Å². The van der Waals surface area contributed by atoms with Crippen LogP contribution in [-0.2, 0) is 4.74 Å². The number of nitrogens with zero attached hydrogens (tertiary/aromatic N) is 2. The molecule has 3 rings (SSSR count). The maximum atomic E-state index is 12.4. The van der Waals surface area contributed by atoms with Crippen LogP contribution in [-0.4, -0.2) is 35.3 Å². The standard InChI is InChI=1S/C18H17N3O3S/c1-24-18(23)14-5-3-13(4-6-14)17(22)19-11-16(15-7-10-25-12-15)21-9-2-8-20-21/h2-10,12,16H,11H2,1H3,(H,19,22)/t16-/m0/s1. The highest BCUT2D eigenvalue weighted by atomic mass is 32.1. The average molecular weight is 355 g/mol. The van der Waals surface area contributed by atoms with Crippen LogP contribution in [0.25, 0.3) is 0 Å². The van der Waals surface area contributed by atoms with Gasteiger partial charge in [0.25, 0.3) is 5.91 Å². The van der Waals surface area contributed by atoms with Gasteiger partial charge in [0.2, 0.25) is 0 Å². The summed E-state index contributed by atoms with van der Waals surface area (Å²) >= 11 is 1.60. The van der Waals surface area contributed by atoms with Gasteiger partial charge >= 0.3 is 5.97 Å². The van der Waals surface area contributed by atoms with E-state index in [4.69, 9.17) is 0 Å². The summed E-state index contributed by atoms with van der Waals surface area (Å²) < 4.78 is 6.47. The Labute approximate surface area is 149 Å². The first kappa shape index (κ1) is 16.9. The molecule has 6 nitrogen and oxygen atoms in total. The van der Waals surface area contributed by atoms with E-state index in [9.17, 15) is 9.59 Å². The summed E-state index contributed by atoms with van der Waals surface area (Å²) in [5.41, 5.74) is 1.99. The van der Waals surface area contributed by atoms with Crippen molar-refractivity contribution < 1.29 is 14.3 Å². The number of aromatic nitrogens is 2. The van der Waals surface area contributed by atoms with E-state index in [1.165, 1.54) is 7.11 Å². The molecule has 0 bridgehead atoms. The molecule has 0 saturated heterocycles. The molecule has 0 radical (unpaired) electrons. The zero-order chi connectivity index (χ0) is 17.6. The molecule has 128 valence electrons. The highest BCUT2D eigenvalue weighted by Crippen LogP contribution is 2.19. The SMILES string of the molecule is COC(=O)c1ccc(C(=O)NC[C@@H](c2ccsc2)n2cccn2)cc1. The predicted molar refractivity (Wildman–Crippen MR) is 94.8 cm³/mol. The van der Waals surface area contributed by atoms with Crippen molar-refractivity contribution in [3.05, 3.63) is 76.2 Å². The van der Waals surface area contributed by atoms with Crippen LogP contribution in [0.1, 0.15) is 32.3 Å². The summed E-state index contributed by atoms with van der Waals surface area (Å²) in [5.74, 6) is -0.632. The summed E-state index contributed by atoms with van der Waals surface area (Å²) in [5, 5.41) is 11.3. The van der Waals surface area contributed by atoms with E-state index < -0.39 is 5.97 Å². The molecule has 0 unspecified atom stereocenters. The van der Waals surface area contributed by atoms with Crippen molar-refractivity contribution in [3.8, 4) is 0 Å². The summed E-state index contributed by atoms with van der Waals surface area (Å²) in [7, 11) is 1.32. The maximum absolute atomic E-state index is 12.4. The molecular formula is C18H17N3O3S. The molecule has 2 aromatic heterocycles. The minimum absolute atomic E-state index is 0.0699. The molecule has 0 fully saturated rings. The monoisotopic (exact) mass is 355 g/mol. The number of hydrogen-bond acceptors (Lipinski definition) is 5. The number of thiophene rings is 1. The fraction of sp³-hybridized carbons (Fsp3) is 0.167. The lowest BCUT2D eigenvalue weighted by molar-refractivity contribution is 0.0600. The number of benzene rings is 1. The molecule has 0 aliphatic heterocycles. The largest absolute Gasteiger partial charge is 0.465 e. The second-order valence-corrected chi connectivity index (χ2v) is 6.12. The van der Waals surface area contributed by atoms with Crippen molar-refractivity contribution in [1.29, 1.82) is 0 Å². The molecule has 0 aliphatic rings. The Morgan fingerprint density at radius 1 is 1.24 bits per heavy atom. The van der Waals surface area contributed by atoms with Crippen molar-refractivity contribution >= 4 is 23.2 Å². The molecule has 0 spiro atoms. The lowest BCUT2D eigenvalue weighted by atomic mass is 10.1. The van der Waals surface area contributed by atoms with Gasteiger partial charge in [0.15, 0.2) is 0 Å². The van der Waals surface area contributed by atoms with Gasteiger partial charge in [-0.15, -0.1) is 0 Å². The number of carbonyl (C=O) groups excluding carboxylic acids is 2. The topological polar surface area (TPSA) is 73.2 Å². The molecule has 3 aromatic rings. The molecule has 7 heteroatoms. The van der Waals surface area contributed by atoms with Gasteiger partial charge < -0.3 is 10.1 Å². The quantitative estimate of drug-likeness (QED) is 0.690. The number of amides is 1. The minimum atomic E-state index is -0.428. The number of nitrogens with one attached hydrogen (secondary N) is 1. The fourth-order valence-electron chi connectivity index (χ4n) is 2.46. The summed E-state index contributed by atoms with van der Waals surface area (Å²) in [4.78, 5) is 23.8. The Morgan fingerprint density at radius 3 is 2.60 bits per heavy atom. The van der Waals surface area contributed by atoms with Crippen molar-refractivity contribution in [2.45, 2.75) is 6.04 Å². The van der Waals surface area contributed by atoms with E-state index in [1.54, 1.807) is 41.8 Å². The predicted octanol–water partition coefficient (Wildman–Crippen LogP) is 2.75. The number of methoxy groups -OCH3 is 1. The van der Waals surface area contributed by atoms with Gasteiger partial charge in [-0.3, -0.25) is 9.48 Å². The van der Waals surface area contributed by atoms with Crippen molar-refractivity contribution in [3.63, 3.8) is 0 Å². The van der Waals surface area contributed by atoms with E-state index in [-0.39, 0.29) is 11.9 Å². The van der Waals surface area contributed by atoms with Crippen LogP contribution in [0, 0.1) is 0 Å². The molecule has 1 N–H and O–H groups in total. The Kier molecular flexibility index (Phi) is 5.25. The molecule has 1 atom stereocenters. The third-order valence-electron chi connectivity index (χ3n) is 3.80. The fourth-order valence-corrected chi connectivity index (χ4v) is 3.17. The van der Waals surface area contributed by atoms with Crippen LogP contribution in [0.4, 0.5) is 0 Å².